The summed E-state index contributed by atoms with van der Waals surface area (Å²) in [5.74, 6) is 0.197. The number of methoxy groups -OCH3 is 1. The van der Waals surface area contributed by atoms with Gasteiger partial charge in [-0.25, -0.2) is 14.4 Å². The van der Waals surface area contributed by atoms with Crippen molar-refractivity contribution in [3.8, 4) is 5.75 Å². The number of halogens is 2. The highest BCUT2D eigenvalue weighted by molar-refractivity contribution is 6.31. The number of hydrogen-bond acceptors (Lipinski definition) is 7. The summed E-state index contributed by atoms with van der Waals surface area (Å²) in [5, 5.41) is 6.69. The molecule has 5 rings (SSSR count). The van der Waals surface area contributed by atoms with Gasteiger partial charge in [-0.05, 0) is 62.0 Å². The van der Waals surface area contributed by atoms with Crippen LogP contribution in [0.25, 0.3) is 10.9 Å². The van der Waals surface area contributed by atoms with Crippen molar-refractivity contribution >= 4 is 45.6 Å². The van der Waals surface area contributed by atoms with E-state index < -0.39 is 5.82 Å². The van der Waals surface area contributed by atoms with E-state index in [1.165, 1.54) is 25.6 Å². The number of ether oxygens (including phenoxy) is 2. The lowest BCUT2D eigenvalue weighted by molar-refractivity contribution is -0.111. The van der Waals surface area contributed by atoms with Crippen LogP contribution in [-0.2, 0) is 9.53 Å². The third kappa shape index (κ3) is 5.84. The fourth-order valence-electron chi connectivity index (χ4n) is 4.90. The average Bonchev–Trinajstić information content (AvgIpc) is 3.35. The topological polar surface area (TPSA) is 88.6 Å². The van der Waals surface area contributed by atoms with E-state index in [2.05, 4.69) is 25.5 Å². The molecule has 3 heterocycles. The van der Waals surface area contributed by atoms with Gasteiger partial charge in [0.15, 0.2) is 0 Å². The van der Waals surface area contributed by atoms with Crippen LogP contribution in [0.3, 0.4) is 0 Å². The van der Waals surface area contributed by atoms with E-state index >= 15 is 0 Å². The summed E-state index contributed by atoms with van der Waals surface area (Å²) in [5.41, 5.74) is 2.04. The number of anilines is 3. The molecule has 0 bridgehead atoms. The number of piperidine rings is 1. The first-order valence-corrected chi connectivity index (χ1v) is 12.6. The number of aromatic nitrogens is 2. The molecule has 0 atom stereocenters. The Bertz CT molecular complexity index is 1320. The van der Waals surface area contributed by atoms with Crippen LogP contribution in [0.2, 0.25) is 5.02 Å². The van der Waals surface area contributed by atoms with Gasteiger partial charge in [0.1, 0.15) is 23.7 Å². The smallest absolute Gasteiger partial charge is 0.248 e. The summed E-state index contributed by atoms with van der Waals surface area (Å²) < 4.78 is 24.7. The van der Waals surface area contributed by atoms with Crippen LogP contribution in [-0.4, -0.2) is 60.7 Å². The van der Waals surface area contributed by atoms with Gasteiger partial charge in [0.05, 0.1) is 29.9 Å². The zero-order chi connectivity index (χ0) is 25.8. The summed E-state index contributed by atoms with van der Waals surface area (Å²) in [6.45, 7) is 4.52. The number of amides is 1. The maximum Gasteiger partial charge on any atom is 0.248 e. The minimum Gasteiger partial charge on any atom is -0.494 e. The van der Waals surface area contributed by atoms with Crippen molar-refractivity contribution in [2.24, 2.45) is 5.41 Å². The van der Waals surface area contributed by atoms with Crippen molar-refractivity contribution in [2.45, 2.75) is 19.3 Å². The SMILES string of the molecule is COc1cc2ncnc(Nc3ccc(F)c(Cl)c3)c2cc1NC(=O)/C=C/CN1CCC2(CCOC2)CC1. The minimum atomic E-state index is -0.504. The van der Waals surface area contributed by atoms with E-state index in [0.29, 0.717) is 39.3 Å². The number of fused-ring (bicyclic) bond motifs is 1. The first-order valence-electron chi connectivity index (χ1n) is 12.3. The van der Waals surface area contributed by atoms with Gasteiger partial charge in [0.25, 0.3) is 0 Å². The van der Waals surface area contributed by atoms with Crippen molar-refractivity contribution in [2.75, 3.05) is 50.6 Å². The molecule has 1 aromatic heterocycles. The number of nitrogens with one attached hydrogen (secondary N) is 2. The Morgan fingerprint density at radius 3 is 2.81 bits per heavy atom. The number of carbonyl (C=O) groups is 1. The number of hydrogen-bond donors (Lipinski definition) is 2. The van der Waals surface area contributed by atoms with E-state index in [1.807, 2.05) is 6.08 Å². The lowest BCUT2D eigenvalue weighted by Gasteiger charge is -2.37. The Kier molecular flexibility index (Phi) is 7.55. The molecule has 2 aliphatic rings. The second-order valence-electron chi connectivity index (χ2n) is 9.54. The Morgan fingerprint density at radius 2 is 2.08 bits per heavy atom. The molecule has 1 amide bonds. The van der Waals surface area contributed by atoms with E-state index in [9.17, 15) is 9.18 Å². The Balaban J connectivity index is 1.27. The van der Waals surface area contributed by atoms with E-state index in [4.69, 9.17) is 21.1 Å². The lowest BCUT2D eigenvalue weighted by atomic mass is 9.78. The van der Waals surface area contributed by atoms with Gasteiger partial charge in [-0.1, -0.05) is 17.7 Å². The first kappa shape index (κ1) is 25.4. The molecular formula is C27H29ClFN5O3. The molecule has 2 saturated heterocycles. The van der Waals surface area contributed by atoms with Crippen LogP contribution in [0.5, 0.6) is 5.75 Å². The maximum atomic E-state index is 13.6. The van der Waals surface area contributed by atoms with Gasteiger partial charge in [-0.3, -0.25) is 9.69 Å². The molecule has 2 aromatic carbocycles. The van der Waals surface area contributed by atoms with Crippen molar-refractivity contribution in [1.82, 2.24) is 14.9 Å². The molecule has 2 fully saturated rings. The van der Waals surface area contributed by atoms with Crippen LogP contribution in [0.1, 0.15) is 19.3 Å². The molecule has 0 radical (unpaired) electrons. The zero-order valence-electron chi connectivity index (χ0n) is 20.6. The van der Waals surface area contributed by atoms with Crippen LogP contribution in [0, 0.1) is 11.2 Å². The molecule has 2 N–H and O–H groups in total. The van der Waals surface area contributed by atoms with E-state index in [-0.39, 0.29) is 10.9 Å². The molecule has 0 unspecified atom stereocenters. The van der Waals surface area contributed by atoms with Crippen LogP contribution >= 0.6 is 11.6 Å². The van der Waals surface area contributed by atoms with Gasteiger partial charge < -0.3 is 20.1 Å². The highest BCUT2D eigenvalue weighted by Gasteiger charge is 2.37. The molecule has 0 saturated carbocycles. The molecule has 1 spiro atoms. The van der Waals surface area contributed by atoms with Crippen molar-refractivity contribution in [3.05, 3.63) is 59.7 Å². The highest BCUT2D eigenvalue weighted by Crippen LogP contribution is 2.39. The van der Waals surface area contributed by atoms with E-state index in [0.717, 1.165) is 52.1 Å². The largest absolute Gasteiger partial charge is 0.494 e. The molecule has 10 heteroatoms. The summed E-state index contributed by atoms with van der Waals surface area (Å²) in [4.78, 5) is 23.7. The first-order chi connectivity index (χ1) is 17.9. The minimum absolute atomic E-state index is 0.00128. The van der Waals surface area contributed by atoms with Gasteiger partial charge in [-0.15, -0.1) is 0 Å². The number of likely N-dealkylation sites (tertiary alicyclic amines) is 1. The van der Waals surface area contributed by atoms with E-state index in [1.54, 1.807) is 24.3 Å². The second kappa shape index (κ2) is 11.0. The normalized spacial score (nSPS) is 17.5. The van der Waals surface area contributed by atoms with Crippen molar-refractivity contribution in [1.29, 1.82) is 0 Å². The Hall–Kier alpha value is -3.27. The van der Waals surface area contributed by atoms with Gasteiger partial charge in [0, 0.05) is 36.4 Å². The van der Waals surface area contributed by atoms with Crippen LogP contribution < -0.4 is 15.4 Å². The number of carbonyl (C=O) groups excluding carboxylic acids is 1. The standard InChI is InChI=1S/C27H29ClFN5O3/c1-36-24-15-22-19(26(31-17-30-22)32-18-4-5-21(29)20(28)13-18)14-23(24)33-25(35)3-2-9-34-10-6-27(7-11-34)8-12-37-16-27/h2-5,13-15,17H,6-12,16H2,1H3,(H,33,35)(H,30,31,32)/b3-2+. The van der Waals surface area contributed by atoms with Gasteiger partial charge >= 0.3 is 0 Å². The molecular weight excluding hydrogens is 497 g/mol. The Morgan fingerprint density at radius 1 is 1.24 bits per heavy atom. The fourth-order valence-corrected chi connectivity index (χ4v) is 5.08. The molecule has 3 aromatic rings. The number of nitrogens with zero attached hydrogens (tertiary/aromatic N) is 3. The Labute approximate surface area is 219 Å². The average molecular weight is 526 g/mol. The number of benzene rings is 2. The second-order valence-corrected chi connectivity index (χ2v) is 9.95. The molecule has 8 nitrogen and oxygen atoms in total. The highest BCUT2D eigenvalue weighted by atomic mass is 35.5. The predicted molar refractivity (Wildman–Crippen MR) is 142 cm³/mol. The third-order valence-corrected chi connectivity index (χ3v) is 7.42. The zero-order valence-corrected chi connectivity index (χ0v) is 21.4. The summed E-state index contributed by atoms with van der Waals surface area (Å²) in [6.07, 6.45) is 8.30. The molecule has 2 aliphatic heterocycles. The molecule has 0 aliphatic carbocycles. The van der Waals surface area contributed by atoms with Gasteiger partial charge in [0.2, 0.25) is 5.91 Å². The summed E-state index contributed by atoms with van der Waals surface area (Å²) >= 11 is 5.91. The quantitative estimate of drug-likeness (QED) is 0.411. The third-order valence-electron chi connectivity index (χ3n) is 7.13. The summed E-state index contributed by atoms with van der Waals surface area (Å²) in [6, 6.07) is 7.80. The van der Waals surface area contributed by atoms with Crippen LogP contribution in [0.15, 0.2) is 48.8 Å². The molecule has 37 heavy (non-hydrogen) atoms. The monoisotopic (exact) mass is 525 g/mol. The summed E-state index contributed by atoms with van der Waals surface area (Å²) in [7, 11) is 1.53. The van der Waals surface area contributed by atoms with Gasteiger partial charge in [-0.2, -0.15) is 0 Å². The maximum absolute atomic E-state index is 13.6. The van der Waals surface area contributed by atoms with Crippen molar-refractivity contribution < 1.29 is 18.7 Å². The van der Waals surface area contributed by atoms with Crippen molar-refractivity contribution in [3.63, 3.8) is 0 Å². The predicted octanol–water partition coefficient (Wildman–Crippen LogP) is 5.17. The lowest BCUT2D eigenvalue weighted by Crippen LogP contribution is -2.40. The fraction of sp³-hybridized carbons (Fsp3) is 0.370. The number of rotatable bonds is 7. The van der Waals surface area contributed by atoms with Crippen LogP contribution in [0.4, 0.5) is 21.6 Å². The molecule has 194 valence electrons.